The summed E-state index contributed by atoms with van der Waals surface area (Å²) in [4.78, 5) is 6.00. The topological polar surface area (TPSA) is 46.3 Å². The summed E-state index contributed by atoms with van der Waals surface area (Å²) < 4.78 is 5.14. The average Bonchev–Trinajstić information content (AvgIpc) is 2.50. The summed E-state index contributed by atoms with van der Waals surface area (Å²) >= 11 is 0. The molecule has 22 heavy (non-hydrogen) atoms. The molecule has 1 heterocycles. The third kappa shape index (κ3) is 4.08. The molecule has 4 heteroatoms. The monoisotopic (exact) mass is 305 g/mol. The van der Waals surface area contributed by atoms with Crippen molar-refractivity contribution in [1.82, 2.24) is 0 Å². The standard InChI is InChI=1S/C18H28N2O2/c1-14-13-20(3)15(2)11-18(14,21)9-10-19-12-16-5-7-17(22-4)8-6-16/h5-8,12,14-15,21H,9-11,13H2,1-4H3/p+1/t14-,15-,18-/m1/s1. The second-order valence-corrected chi connectivity index (χ2v) is 6.72. The van der Waals surface area contributed by atoms with Gasteiger partial charge in [-0.2, -0.15) is 0 Å². The van der Waals surface area contributed by atoms with Gasteiger partial charge in [-0.15, -0.1) is 0 Å². The fourth-order valence-electron chi connectivity index (χ4n) is 3.25. The van der Waals surface area contributed by atoms with Crippen molar-refractivity contribution >= 4 is 6.21 Å². The Morgan fingerprint density at radius 2 is 2.05 bits per heavy atom. The SMILES string of the molecule is COc1ccc(C=NCC[C@@]2(O)C[C@@H](C)[NH+](C)C[C@H]2C)cc1. The van der Waals surface area contributed by atoms with Crippen LogP contribution in [-0.4, -0.2) is 50.2 Å². The predicted molar refractivity (Wildman–Crippen MR) is 90.0 cm³/mol. The number of aliphatic imine (C=N–C) groups is 1. The molecule has 0 aromatic heterocycles. The van der Waals surface area contributed by atoms with Gasteiger partial charge in [-0.1, -0.05) is 6.92 Å². The van der Waals surface area contributed by atoms with E-state index < -0.39 is 5.60 Å². The fraction of sp³-hybridized carbons (Fsp3) is 0.611. The maximum Gasteiger partial charge on any atom is 0.118 e. The van der Waals surface area contributed by atoms with Gasteiger partial charge in [0.2, 0.25) is 0 Å². The summed E-state index contributed by atoms with van der Waals surface area (Å²) in [6.45, 7) is 6.06. The molecular weight excluding hydrogens is 276 g/mol. The number of hydrogen-bond acceptors (Lipinski definition) is 3. The molecule has 0 aliphatic carbocycles. The third-order valence-corrected chi connectivity index (χ3v) is 5.08. The molecule has 0 amide bonds. The van der Waals surface area contributed by atoms with Crippen LogP contribution in [0.15, 0.2) is 29.3 Å². The molecule has 0 spiro atoms. The summed E-state index contributed by atoms with van der Waals surface area (Å²) in [7, 11) is 3.87. The first-order valence-electron chi connectivity index (χ1n) is 8.13. The van der Waals surface area contributed by atoms with Gasteiger partial charge in [0.25, 0.3) is 0 Å². The smallest absolute Gasteiger partial charge is 0.118 e. The van der Waals surface area contributed by atoms with Crippen molar-refractivity contribution in [1.29, 1.82) is 0 Å². The lowest BCUT2D eigenvalue weighted by Crippen LogP contribution is -3.15. The van der Waals surface area contributed by atoms with E-state index in [1.54, 1.807) is 7.11 Å². The van der Waals surface area contributed by atoms with Crippen LogP contribution in [0.4, 0.5) is 0 Å². The highest BCUT2D eigenvalue weighted by molar-refractivity contribution is 5.79. The van der Waals surface area contributed by atoms with Crippen LogP contribution in [-0.2, 0) is 0 Å². The van der Waals surface area contributed by atoms with Crippen molar-refractivity contribution in [2.75, 3.05) is 27.2 Å². The Hall–Kier alpha value is -1.39. The molecular formula is C18H29N2O2+. The Morgan fingerprint density at radius 1 is 1.36 bits per heavy atom. The van der Waals surface area contributed by atoms with E-state index in [2.05, 4.69) is 25.9 Å². The lowest BCUT2D eigenvalue weighted by molar-refractivity contribution is -0.916. The van der Waals surface area contributed by atoms with E-state index in [9.17, 15) is 5.11 Å². The van der Waals surface area contributed by atoms with E-state index in [4.69, 9.17) is 4.74 Å². The first-order chi connectivity index (χ1) is 10.4. The number of aliphatic hydroxyl groups is 1. The number of methoxy groups -OCH3 is 1. The molecule has 0 saturated carbocycles. The number of benzene rings is 1. The number of rotatable bonds is 5. The minimum absolute atomic E-state index is 0.319. The minimum Gasteiger partial charge on any atom is -0.497 e. The van der Waals surface area contributed by atoms with Crippen LogP contribution in [0.1, 0.15) is 32.3 Å². The van der Waals surface area contributed by atoms with E-state index in [0.717, 1.165) is 30.7 Å². The molecule has 0 bridgehead atoms. The average molecular weight is 305 g/mol. The molecule has 1 saturated heterocycles. The fourth-order valence-corrected chi connectivity index (χ4v) is 3.25. The van der Waals surface area contributed by atoms with Gasteiger partial charge in [0, 0.05) is 25.1 Å². The first kappa shape index (κ1) is 17.0. The molecule has 122 valence electrons. The number of nitrogens with zero attached hydrogens (tertiary/aromatic N) is 1. The first-order valence-corrected chi connectivity index (χ1v) is 8.13. The molecule has 1 aromatic carbocycles. The lowest BCUT2D eigenvalue weighted by Gasteiger charge is -2.43. The molecule has 1 aliphatic heterocycles. The van der Waals surface area contributed by atoms with Crippen molar-refractivity contribution in [3.05, 3.63) is 29.8 Å². The number of likely N-dealkylation sites (tertiary alicyclic amines) is 1. The van der Waals surface area contributed by atoms with Crippen molar-refractivity contribution in [2.45, 2.75) is 38.3 Å². The Balaban J connectivity index is 1.87. The summed E-state index contributed by atoms with van der Waals surface area (Å²) in [6, 6.07) is 8.34. The zero-order valence-electron chi connectivity index (χ0n) is 14.2. The van der Waals surface area contributed by atoms with E-state index in [-0.39, 0.29) is 0 Å². The Kier molecular flexibility index (Phi) is 5.59. The molecule has 1 aromatic rings. The number of nitrogens with one attached hydrogen (secondary N) is 1. The van der Waals surface area contributed by atoms with Crippen LogP contribution in [0.25, 0.3) is 0 Å². The molecule has 1 fully saturated rings. The quantitative estimate of drug-likeness (QED) is 0.803. The number of ether oxygens (including phenoxy) is 1. The van der Waals surface area contributed by atoms with Gasteiger partial charge in [0.05, 0.1) is 32.3 Å². The number of piperidine rings is 1. The van der Waals surface area contributed by atoms with Crippen LogP contribution in [0.2, 0.25) is 0 Å². The van der Waals surface area contributed by atoms with Gasteiger partial charge in [-0.25, -0.2) is 0 Å². The van der Waals surface area contributed by atoms with Crippen molar-refractivity contribution in [3.63, 3.8) is 0 Å². The Morgan fingerprint density at radius 3 is 2.68 bits per heavy atom. The second kappa shape index (κ2) is 7.25. The summed E-state index contributed by atoms with van der Waals surface area (Å²) in [5, 5.41) is 10.9. The normalized spacial score (nSPS) is 32.3. The van der Waals surface area contributed by atoms with Crippen LogP contribution in [0.5, 0.6) is 5.75 Å². The summed E-state index contributed by atoms with van der Waals surface area (Å²) in [5.41, 5.74) is 0.484. The molecule has 1 aliphatic rings. The van der Waals surface area contributed by atoms with E-state index >= 15 is 0 Å². The van der Waals surface area contributed by atoms with Gasteiger partial charge in [0.15, 0.2) is 0 Å². The van der Waals surface area contributed by atoms with Gasteiger partial charge in [0.1, 0.15) is 5.75 Å². The van der Waals surface area contributed by atoms with Gasteiger partial charge >= 0.3 is 0 Å². The zero-order valence-corrected chi connectivity index (χ0v) is 14.2. The highest BCUT2D eigenvalue weighted by Crippen LogP contribution is 2.28. The molecule has 4 nitrogen and oxygen atoms in total. The number of quaternary nitrogens is 1. The Labute approximate surface area is 133 Å². The zero-order chi connectivity index (χ0) is 16.2. The molecule has 4 atom stereocenters. The summed E-state index contributed by atoms with van der Waals surface area (Å²) in [5.74, 6) is 1.17. The van der Waals surface area contributed by atoms with Crippen LogP contribution in [0, 0.1) is 5.92 Å². The van der Waals surface area contributed by atoms with Gasteiger partial charge in [-0.3, -0.25) is 4.99 Å². The molecule has 0 radical (unpaired) electrons. The van der Waals surface area contributed by atoms with Crippen LogP contribution < -0.4 is 9.64 Å². The van der Waals surface area contributed by atoms with E-state index in [1.807, 2.05) is 30.5 Å². The van der Waals surface area contributed by atoms with Crippen LogP contribution in [0.3, 0.4) is 0 Å². The predicted octanol–water partition coefficient (Wildman–Crippen LogP) is 1.18. The minimum atomic E-state index is -0.573. The molecule has 1 unspecified atom stereocenters. The van der Waals surface area contributed by atoms with E-state index in [0.29, 0.717) is 18.5 Å². The maximum atomic E-state index is 10.9. The van der Waals surface area contributed by atoms with Gasteiger partial charge < -0.3 is 14.7 Å². The van der Waals surface area contributed by atoms with Gasteiger partial charge in [-0.05, 0) is 43.2 Å². The molecule has 2 N–H and O–H groups in total. The lowest BCUT2D eigenvalue weighted by atomic mass is 9.77. The van der Waals surface area contributed by atoms with Crippen molar-refractivity contribution in [3.8, 4) is 5.75 Å². The van der Waals surface area contributed by atoms with E-state index in [1.165, 1.54) is 4.90 Å². The van der Waals surface area contributed by atoms with Crippen molar-refractivity contribution < 1.29 is 14.7 Å². The summed E-state index contributed by atoms with van der Waals surface area (Å²) in [6.07, 6.45) is 3.47. The van der Waals surface area contributed by atoms with Crippen molar-refractivity contribution in [2.24, 2.45) is 10.9 Å². The second-order valence-electron chi connectivity index (χ2n) is 6.72. The van der Waals surface area contributed by atoms with Crippen LogP contribution >= 0.6 is 0 Å². The number of hydrogen-bond donors (Lipinski definition) is 2. The molecule has 2 rings (SSSR count). The third-order valence-electron chi connectivity index (χ3n) is 5.08. The Bertz CT molecular complexity index is 500. The largest absolute Gasteiger partial charge is 0.497 e. The maximum absolute atomic E-state index is 10.9. The highest BCUT2D eigenvalue weighted by Gasteiger charge is 2.42. The highest BCUT2D eigenvalue weighted by atomic mass is 16.5.